The number of hydrogen-bond acceptors (Lipinski definition) is 1. The lowest BCUT2D eigenvalue weighted by Gasteiger charge is -0.344. The van der Waals surface area contributed by atoms with Crippen LogP contribution >= 0.6 is 24.0 Å². The fraction of sp³-hybridized carbons (Fsp3) is 1.00. The number of rotatable bonds is 0. The highest BCUT2D eigenvalue weighted by molar-refractivity contribution is 14.0. The van der Waals surface area contributed by atoms with Crippen molar-refractivity contribution < 1.29 is 0 Å². The van der Waals surface area contributed by atoms with Crippen LogP contribution in [0.25, 0.3) is 0 Å². The van der Waals surface area contributed by atoms with Gasteiger partial charge in [0.15, 0.2) is 0 Å². The molecular formula is C2H12IN. The zero-order chi connectivity index (χ0) is 0. The molecule has 0 unspecified atom stereocenters. The van der Waals surface area contributed by atoms with Crippen molar-refractivity contribution in [1.29, 1.82) is 0 Å². The van der Waals surface area contributed by atoms with E-state index in [4.69, 9.17) is 0 Å². The summed E-state index contributed by atoms with van der Waals surface area (Å²) < 4.78 is 0. The van der Waals surface area contributed by atoms with Crippen LogP contribution in [0.3, 0.4) is 0 Å². The Hall–Kier alpha value is 0.690. The van der Waals surface area contributed by atoms with E-state index in [1.54, 1.807) is 0 Å². The third kappa shape index (κ3) is 16.1. The van der Waals surface area contributed by atoms with Crippen molar-refractivity contribution in [2.45, 2.75) is 14.9 Å². The first-order chi connectivity index (χ1) is 0. The summed E-state index contributed by atoms with van der Waals surface area (Å²) in [7, 11) is 0. The normalized spacial score (nSPS) is 0. The maximum atomic E-state index is 0. The molecule has 0 aliphatic carbocycles. The van der Waals surface area contributed by atoms with Crippen LogP contribution in [0.2, 0.25) is 0 Å². The molecule has 0 heterocycles. The van der Waals surface area contributed by atoms with Gasteiger partial charge in [-0.05, 0) is 0 Å². The van der Waals surface area contributed by atoms with Crippen molar-refractivity contribution in [3.63, 3.8) is 0 Å². The van der Waals surface area contributed by atoms with Gasteiger partial charge < -0.3 is 6.15 Å². The molecule has 0 radical (unpaired) electrons. The molecule has 2 heteroatoms. The Morgan fingerprint density at radius 2 is 0.750 bits per heavy atom. The third-order valence-corrected chi connectivity index (χ3v) is 0. The average molecular weight is 177 g/mol. The van der Waals surface area contributed by atoms with E-state index in [1.807, 2.05) is 0 Å². The van der Waals surface area contributed by atoms with E-state index in [-0.39, 0.29) is 45.0 Å². The first kappa shape index (κ1) is 134. The van der Waals surface area contributed by atoms with Gasteiger partial charge in [-0.2, -0.15) is 0 Å². The highest BCUT2D eigenvalue weighted by atomic mass is 127. The van der Waals surface area contributed by atoms with Crippen molar-refractivity contribution >= 4 is 24.0 Å². The van der Waals surface area contributed by atoms with E-state index in [0.717, 1.165) is 0 Å². The summed E-state index contributed by atoms with van der Waals surface area (Å²) in [6, 6.07) is 0. The van der Waals surface area contributed by atoms with Crippen molar-refractivity contribution in [3.05, 3.63) is 0 Å². The molecule has 0 saturated carbocycles. The van der Waals surface area contributed by atoms with E-state index < -0.39 is 0 Å². The first-order valence-corrected chi connectivity index (χ1v) is 0. The van der Waals surface area contributed by atoms with Gasteiger partial charge in [0.1, 0.15) is 0 Å². The van der Waals surface area contributed by atoms with Gasteiger partial charge in [0.05, 0.1) is 0 Å². The van der Waals surface area contributed by atoms with Crippen LogP contribution in [-0.2, 0) is 0 Å². The molecule has 0 rings (SSSR count). The van der Waals surface area contributed by atoms with Gasteiger partial charge in [-0.1, -0.05) is 14.9 Å². The van der Waals surface area contributed by atoms with E-state index in [9.17, 15) is 0 Å². The number of halogens is 1. The van der Waals surface area contributed by atoms with E-state index in [2.05, 4.69) is 0 Å². The molecule has 0 amide bonds. The highest BCUT2D eigenvalue weighted by Crippen LogP contribution is 0.886. The number of hydrogen-bond donors (Lipinski definition) is 1. The summed E-state index contributed by atoms with van der Waals surface area (Å²) in [5.74, 6) is 0. The van der Waals surface area contributed by atoms with E-state index >= 15 is 0 Å². The van der Waals surface area contributed by atoms with Gasteiger partial charge in [0, 0.05) is 0 Å². The fourth-order valence-electron chi connectivity index (χ4n) is 0. The molecule has 0 atom stereocenters. The van der Waals surface area contributed by atoms with Crippen LogP contribution in [-0.4, -0.2) is 0 Å². The minimum atomic E-state index is 0. The zero-order valence-electron chi connectivity index (χ0n) is 1.12. The summed E-state index contributed by atoms with van der Waals surface area (Å²) in [6.45, 7) is 0. The predicted molar refractivity (Wildman–Crippen MR) is 33.9 cm³/mol. The van der Waals surface area contributed by atoms with Crippen molar-refractivity contribution in [1.82, 2.24) is 6.15 Å². The standard InChI is InChI=1S/2CH4.HI.H3N/h2*1H4;1H;1H3. The van der Waals surface area contributed by atoms with Gasteiger partial charge in [-0.25, -0.2) is 0 Å². The average Bonchev–Trinajstić information content (AvgIpc) is 0. The van der Waals surface area contributed by atoms with Gasteiger partial charge in [-0.15, -0.1) is 24.0 Å². The smallest absolute Gasteiger partial charge is 0.0776 e. The Morgan fingerprint density at radius 3 is 0.750 bits per heavy atom. The third-order valence-electron chi connectivity index (χ3n) is 0. The molecule has 0 aromatic heterocycles. The Labute approximate surface area is 45.4 Å². The molecule has 0 aliphatic rings. The fourth-order valence-corrected chi connectivity index (χ4v) is 0. The van der Waals surface area contributed by atoms with Crippen LogP contribution in [0.4, 0.5) is 0 Å². The molecule has 0 aromatic carbocycles. The van der Waals surface area contributed by atoms with E-state index in [1.165, 1.54) is 0 Å². The summed E-state index contributed by atoms with van der Waals surface area (Å²) >= 11 is 0. The Balaban J connectivity index is 0. The lowest BCUT2D eigenvalue weighted by molar-refractivity contribution is 2.13. The minimum Gasteiger partial charge on any atom is -0.344 e. The van der Waals surface area contributed by atoms with Crippen molar-refractivity contribution in [2.24, 2.45) is 0 Å². The molecule has 0 bridgehead atoms. The van der Waals surface area contributed by atoms with Crippen LogP contribution in [0.1, 0.15) is 14.9 Å². The quantitative estimate of drug-likeness (QED) is 0.564. The largest absolute Gasteiger partial charge is 0.344 e. The lowest BCUT2D eigenvalue weighted by Crippen LogP contribution is -0.481. The molecular weight excluding hydrogens is 165 g/mol. The van der Waals surface area contributed by atoms with E-state index in [0.29, 0.717) is 0 Å². The second-order valence-corrected chi connectivity index (χ2v) is 0. The van der Waals surface area contributed by atoms with Crippen LogP contribution in [0, 0.1) is 0 Å². The molecule has 0 saturated heterocycles. The Morgan fingerprint density at radius 1 is 0.750 bits per heavy atom. The Kier molecular flexibility index (Phi) is 1880. The second kappa shape index (κ2) is 56.1. The molecule has 0 spiro atoms. The molecule has 0 aliphatic heterocycles. The maximum absolute atomic E-state index is 0. The van der Waals surface area contributed by atoms with Gasteiger partial charge in [0.2, 0.25) is 0 Å². The van der Waals surface area contributed by atoms with Crippen LogP contribution < -0.4 is 6.15 Å². The Bertz CT molecular complexity index is 6.00. The minimum absolute atomic E-state index is 0. The summed E-state index contributed by atoms with van der Waals surface area (Å²) in [5, 5.41) is 0. The van der Waals surface area contributed by atoms with Crippen LogP contribution in [0.15, 0.2) is 0 Å². The van der Waals surface area contributed by atoms with Crippen molar-refractivity contribution in [3.8, 4) is 0 Å². The summed E-state index contributed by atoms with van der Waals surface area (Å²) in [6.07, 6.45) is 0. The van der Waals surface area contributed by atoms with Crippen molar-refractivity contribution in [2.75, 3.05) is 0 Å². The van der Waals surface area contributed by atoms with Gasteiger partial charge >= 0.3 is 0 Å². The second-order valence-electron chi connectivity index (χ2n) is 0. The van der Waals surface area contributed by atoms with Crippen LogP contribution in [0.5, 0.6) is 0 Å². The highest BCUT2D eigenvalue weighted by Gasteiger charge is -0.0765. The lowest BCUT2D eigenvalue weighted by atomic mass is 12.0. The first-order valence-electron chi connectivity index (χ1n) is 0. The molecule has 4 heavy (non-hydrogen) atoms. The SMILES string of the molecule is C.C.I.N. The maximum Gasteiger partial charge on any atom is -0.0776 e. The molecule has 32 valence electrons. The molecule has 0 fully saturated rings. The molecule has 1 nitrogen and oxygen atoms in total. The molecule has 0 aromatic rings. The zero-order valence-corrected chi connectivity index (χ0v) is 3.45. The predicted octanol–water partition coefficient (Wildman–Crippen LogP) is 2.05. The summed E-state index contributed by atoms with van der Waals surface area (Å²) in [4.78, 5) is 0. The summed E-state index contributed by atoms with van der Waals surface area (Å²) in [5.41, 5.74) is 0. The monoisotopic (exact) mass is 177 g/mol. The van der Waals surface area contributed by atoms with Gasteiger partial charge in [-0.3, -0.25) is 0 Å². The van der Waals surface area contributed by atoms with Gasteiger partial charge in [0.25, 0.3) is 0 Å². The topological polar surface area (TPSA) is 35.0 Å². The molecule has 3 N–H and O–H groups in total.